The SMILES string of the molecule is CC(O)c1cn(CC(=O)NC2CCCCC2C)nn1. The van der Waals surface area contributed by atoms with Crippen molar-refractivity contribution >= 4 is 5.91 Å². The van der Waals surface area contributed by atoms with E-state index in [-0.39, 0.29) is 18.5 Å². The van der Waals surface area contributed by atoms with Gasteiger partial charge in [0.05, 0.1) is 12.3 Å². The average molecular weight is 266 g/mol. The van der Waals surface area contributed by atoms with E-state index in [1.54, 1.807) is 13.1 Å². The van der Waals surface area contributed by atoms with Crippen LogP contribution in [0.25, 0.3) is 0 Å². The number of nitrogens with zero attached hydrogens (tertiary/aromatic N) is 3. The molecule has 0 aromatic carbocycles. The number of rotatable bonds is 4. The van der Waals surface area contributed by atoms with Gasteiger partial charge in [0.1, 0.15) is 12.2 Å². The van der Waals surface area contributed by atoms with Gasteiger partial charge >= 0.3 is 0 Å². The van der Waals surface area contributed by atoms with Crippen LogP contribution in [0.15, 0.2) is 6.20 Å². The van der Waals surface area contributed by atoms with Crippen LogP contribution < -0.4 is 5.32 Å². The Kier molecular flexibility index (Phi) is 4.52. The molecule has 1 aliphatic carbocycles. The van der Waals surface area contributed by atoms with E-state index in [9.17, 15) is 9.90 Å². The predicted molar refractivity (Wildman–Crippen MR) is 70.2 cm³/mol. The van der Waals surface area contributed by atoms with Crippen molar-refractivity contribution in [1.29, 1.82) is 0 Å². The standard InChI is InChI=1S/C13H22N4O2/c1-9-5-3-4-6-11(9)14-13(19)8-17-7-12(10(2)18)15-16-17/h7,9-11,18H,3-6,8H2,1-2H3,(H,14,19). The van der Waals surface area contributed by atoms with E-state index in [4.69, 9.17) is 0 Å². The number of nitrogens with one attached hydrogen (secondary N) is 1. The summed E-state index contributed by atoms with van der Waals surface area (Å²) in [7, 11) is 0. The van der Waals surface area contributed by atoms with Crippen LogP contribution in [-0.2, 0) is 11.3 Å². The first-order chi connectivity index (χ1) is 9.06. The molecule has 1 saturated carbocycles. The maximum absolute atomic E-state index is 11.9. The van der Waals surface area contributed by atoms with E-state index in [1.165, 1.54) is 23.9 Å². The van der Waals surface area contributed by atoms with Crippen LogP contribution in [0.4, 0.5) is 0 Å². The summed E-state index contributed by atoms with van der Waals surface area (Å²) in [5.41, 5.74) is 0.485. The molecule has 106 valence electrons. The lowest BCUT2D eigenvalue weighted by Gasteiger charge is -2.29. The van der Waals surface area contributed by atoms with Gasteiger partial charge < -0.3 is 10.4 Å². The van der Waals surface area contributed by atoms with Gasteiger partial charge in [0.2, 0.25) is 5.91 Å². The first-order valence-corrected chi connectivity index (χ1v) is 6.93. The zero-order chi connectivity index (χ0) is 13.8. The van der Waals surface area contributed by atoms with Gasteiger partial charge in [0.25, 0.3) is 0 Å². The summed E-state index contributed by atoms with van der Waals surface area (Å²) in [6, 6.07) is 0.279. The van der Waals surface area contributed by atoms with Crippen molar-refractivity contribution in [2.24, 2.45) is 5.92 Å². The molecule has 1 amide bonds. The minimum absolute atomic E-state index is 0.0409. The van der Waals surface area contributed by atoms with Crippen LogP contribution in [0.5, 0.6) is 0 Å². The molecule has 6 nitrogen and oxygen atoms in total. The van der Waals surface area contributed by atoms with Crippen LogP contribution in [0.1, 0.15) is 51.3 Å². The fourth-order valence-corrected chi connectivity index (χ4v) is 2.51. The van der Waals surface area contributed by atoms with Gasteiger partial charge in [-0.2, -0.15) is 0 Å². The first kappa shape index (κ1) is 14.0. The third-order valence-corrected chi connectivity index (χ3v) is 3.75. The Labute approximate surface area is 113 Å². The number of hydrogen-bond donors (Lipinski definition) is 2. The molecule has 1 aliphatic rings. The third-order valence-electron chi connectivity index (χ3n) is 3.75. The van der Waals surface area contributed by atoms with Crippen molar-refractivity contribution in [2.45, 2.75) is 58.2 Å². The van der Waals surface area contributed by atoms with E-state index in [2.05, 4.69) is 22.6 Å². The molecule has 0 bridgehead atoms. The Balaban J connectivity index is 1.86. The molecule has 0 radical (unpaired) electrons. The molecule has 1 heterocycles. The highest BCUT2D eigenvalue weighted by Crippen LogP contribution is 2.23. The van der Waals surface area contributed by atoms with Crippen molar-refractivity contribution in [3.8, 4) is 0 Å². The number of carbonyl (C=O) groups is 1. The monoisotopic (exact) mass is 266 g/mol. The number of amides is 1. The van der Waals surface area contributed by atoms with E-state index in [0.717, 1.165) is 6.42 Å². The Morgan fingerprint density at radius 2 is 2.32 bits per heavy atom. The summed E-state index contributed by atoms with van der Waals surface area (Å²) >= 11 is 0. The summed E-state index contributed by atoms with van der Waals surface area (Å²) in [5.74, 6) is 0.502. The second kappa shape index (κ2) is 6.14. The minimum atomic E-state index is -0.657. The van der Waals surface area contributed by atoms with Crippen molar-refractivity contribution in [3.05, 3.63) is 11.9 Å². The number of aliphatic hydroxyl groups is 1. The average Bonchev–Trinajstić information content (AvgIpc) is 2.80. The molecule has 2 rings (SSSR count). The van der Waals surface area contributed by atoms with Crippen LogP contribution in [-0.4, -0.2) is 32.0 Å². The zero-order valence-corrected chi connectivity index (χ0v) is 11.5. The maximum atomic E-state index is 11.9. The molecule has 3 unspecified atom stereocenters. The fraction of sp³-hybridized carbons (Fsp3) is 0.769. The Bertz CT molecular complexity index is 430. The molecule has 19 heavy (non-hydrogen) atoms. The molecule has 3 atom stereocenters. The predicted octanol–water partition coefficient (Wildman–Crippen LogP) is 1.03. The number of hydrogen-bond acceptors (Lipinski definition) is 4. The highest BCUT2D eigenvalue weighted by Gasteiger charge is 2.22. The highest BCUT2D eigenvalue weighted by atomic mass is 16.3. The summed E-state index contributed by atoms with van der Waals surface area (Å²) in [6.45, 7) is 3.96. The van der Waals surface area contributed by atoms with Gasteiger partial charge in [-0.1, -0.05) is 25.0 Å². The lowest BCUT2D eigenvalue weighted by atomic mass is 9.86. The summed E-state index contributed by atoms with van der Waals surface area (Å²) < 4.78 is 1.46. The van der Waals surface area contributed by atoms with Crippen molar-refractivity contribution in [1.82, 2.24) is 20.3 Å². The molecule has 1 fully saturated rings. The van der Waals surface area contributed by atoms with Gasteiger partial charge in [-0.15, -0.1) is 5.10 Å². The van der Waals surface area contributed by atoms with Crippen LogP contribution in [0, 0.1) is 5.92 Å². The smallest absolute Gasteiger partial charge is 0.242 e. The molecule has 2 N–H and O–H groups in total. The molecule has 6 heteroatoms. The summed E-state index contributed by atoms with van der Waals surface area (Å²) in [4.78, 5) is 11.9. The number of aromatic nitrogens is 3. The van der Waals surface area contributed by atoms with Gasteiger partial charge in [-0.3, -0.25) is 4.79 Å². The van der Waals surface area contributed by atoms with Crippen molar-refractivity contribution < 1.29 is 9.90 Å². The van der Waals surface area contributed by atoms with E-state index >= 15 is 0 Å². The fourth-order valence-electron chi connectivity index (χ4n) is 2.51. The second-order valence-corrected chi connectivity index (χ2v) is 5.45. The largest absolute Gasteiger partial charge is 0.387 e. The Morgan fingerprint density at radius 3 is 2.95 bits per heavy atom. The topological polar surface area (TPSA) is 80.0 Å². The molecule has 0 aliphatic heterocycles. The second-order valence-electron chi connectivity index (χ2n) is 5.45. The summed E-state index contributed by atoms with van der Waals surface area (Å²) in [5, 5.41) is 20.1. The molecular weight excluding hydrogens is 244 g/mol. The quantitative estimate of drug-likeness (QED) is 0.853. The van der Waals surface area contributed by atoms with Gasteiger partial charge in [0, 0.05) is 6.04 Å². The summed E-state index contributed by atoms with van der Waals surface area (Å²) in [6.07, 6.45) is 5.63. The van der Waals surface area contributed by atoms with Gasteiger partial charge in [-0.05, 0) is 25.7 Å². The Morgan fingerprint density at radius 1 is 1.58 bits per heavy atom. The van der Waals surface area contributed by atoms with E-state index in [0.29, 0.717) is 11.6 Å². The normalized spacial score (nSPS) is 25.0. The van der Waals surface area contributed by atoms with Crippen LogP contribution in [0.3, 0.4) is 0 Å². The number of aliphatic hydroxyl groups excluding tert-OH is 1. The lowest BCUT2D eigenvalue weighted by Crippen LogP contribution is -2.42. The van der Waals surface area contributed by atoms with Gasteiger partial charge in [0.15, 0.2) is 0 Å². The molecule has 0 saturated heterocycles. The van der Waals surface area contributed by atoms with Crippen molar-refractivity contribution in [2.75, 3.05) is 0 Å². The van der Waals surface area contributed by atoms with Crippen LogP contribution >= 0.6 is 0 Å². The van der Waals surface area contributed by atoms with Crippen molar-refractivity contribution in [3.63, 3.8) is 0 Å². The first-order valence-electron chi connectivity index (χ1n) is 6.93. The van der Waals surface area contributed by atoms with Crippen LogP contribution in [0.2, 0.25) is 0 Å². The van der Waals surface area contributed by atoms with Gasteiger partial charge in [-0.25, -0.2) is 4.68 Å². The lowest BCUT2D eigenvalue weighted by molar-refractivity contribution is -0.123. The van der Waals surface area contributed by atoms with E-state index in [1.807, 2.05) is 0 Å². The maximum Gasteiger partial charge on any atom is 0.242 e. The molecule has 1 aromatic rings. The third kappa shape index (κ3) is 3.76. The Hall–Kier alpha value is -1.43. The molecular formula is C13H22N4O2. The molecule has 0 spiro atoms. The zero-order valence-electron chi connectivity index (χ0n) is 11.5. The molecule has 1 aromatic heterocycles. The minimum Gasteiger partial charge on any atom is -0.387 e. The number of carbonyl (C=O) groups excluding carboxylic acids is 1. The van der Waals surface area contributed by atoms with E-state index < -0.39 is 6.10 Å². The highest BCUT2D eigenvalue weighted by molar-refractivity contribution is 5.75.